The fraction of sp³-hybridized carbons (Fsp3) is 0.0889. The first-order chi connectivity index (χ1) is 24.4. The van der Waals surface area contributed by atoms with Crippen molar-refractivity contribution in [2.45, 2.75) is 27.7 Å². The molecule has 3 nitrogen and oxygen atoms in total. The van der Waals surface area contributed by atoms with Crippen LogP contribution < -0.4 is 15.9 Å². The van der Waals surface area contributed by atoms with Crippen LogP contribution >= 0.6 is 7.92 Å². The maximum atomic E-state index is 5.13. The van der Waals surface area contributed by atoms with E-state index in [1.807, 2.05) is 27.7 Å². The Labute approximate surface area is 289 Å². The Morgan fingerprint density at radius 2 is 0.816 bits per heavy atom. The quantitative estimate of drug-likeness (QED) is 0.170. The molecule has 4 heteroatoms. The molecule has 3 aromatic heterocycles. The molecule has 0 aliphatic carbocycles. The van der Waals surface area contributed by atoms with Crippen molar-refractivity contribution in [3.05, 3.63) is 170 Å². The summed E-state index contributed by atoms with van der Waals surface area (Å²) in [6.07, 6.45) is 2.06. The summed E-state index contributed by atoms with van der Waals surface area (Å²) in [5.41, 5.74) is 7.89. The maximum absolute atomic E-state index is 5.13. The van der Waals surface area contributed by atoms with Gasteiger partial charge in [-0.05, 0) is 60.2 Å². The van der Waals surface area contributed by atoms with Crippen LogP contribution in [0.2, 0.25) is 0 Å². The van der Waals surface area contributed by atoms with Crippen molar-refractivity contribution in [3.8, 4) is 11.4 Å². The van der Waals surface area contributed by atoms with Gasteiger partial charge in [0.15, 0.2) is 0 Å². The minimum absolute atomic E-state index is 0.688. The molecule has 0 spiro atoms. The van der Waals surface area contributed by atoms with Crippen molar-refractivity contribution in [2.75, 3.05) is 0 Å². The number of benzene rings is 6. The van der Waals surface area contributed by atoms with Gasteiger partial charge < -0.3 is 9.13 Å². The van der Waals surface area contributed by atoms with Crippen LogP contribution in [0.1, 0.15) is 27.7 Å². The number of fused-ring (bicyclic) bond motifs is 7. The summed E-state index contributed by atoms with van der Waals surface area (Å²) in [5.74, 6) is 0. The van der Waals surface area contributed by atoms with Crippen molar-refractivity contribution < 1.29 is 0 Å². The normalized spacial score (nSPS) is 11.0. The van der Waals surface area contributed by atoms with E-state index in [0.29, 0.717) is 0 Å². The van der Waals surface area contributed by atoms with Gasteiger partial charge in [0.2, 0.25) is 0 Å². The molecule has 3 heterocycles. The zero-order valence-corrected chi connectivity index (χ0v) is 29.3. The topological polar surface area (TPSA) is 22.8 Å². The van der Waals surface area contributed by atoms with E-state index >= 15 is 0 Å². The van der Waals surface area contributed by atoms with Gasteiger partial charge in [0.1, 0.15) is 0 Å². The highest BCUT2D eigenvalue weighted by Crippen LogP contribution is 2.41. The van der Waals surface area contributed by atoms with Gasteiger partial charge in [-0.2, -0.15) is 0 Å². The molecule has 0 unspecified atom stereocenters. The minimum atomic E-state index is -0.688. The number of pyridine rings is 1. The maximum Gasteiger partial charge on any atom is 0.0985 e. The second-order valence-electron chi connectivity index (χ2n) is 11.3. The molecule has 0 bridgehead atoms. The predicted molar refractivity (Wildman–Crippen MR) is 214 cm³/mol. The molecule has 0 fully saturated rings. The fourth-order valence-corrected chi connectivity index (χ4v) is 9.08. The number of hydrogen-bond acceptors (Lipinski definition) is 1. The van der Waals surface area contributed by atoms with Crippen LogP contribution in [0.4, 0.5) is 0 Å². The Hall–Kier alpha value is -5.50. The fourth-order valence-electron chi connectivity index (χ4n) is 6.80. The van der Waals surface area contributed by atoms with Crippen molar-refractivity contribution in [3.63, 3.8) is 0 Å². The average molecular weight is 654 g/mol. The highest BCUT2D eigenvalue weighted by atomic mass is 31.1. The summed E-state index contributed by atoms with van der Waals surface area (Å²) in [6.45, 7) is 8.00. The van der Waals surface area contributed by atoms with E-state index in [1.165, 1.54) is 32.3 Å². The molecule has 0 aliphatic rings. The first kappa shape index (κ1) is 32.1. The van der Waals surface area contributed by atoms with E-state index in [0.717, 1.165) is 38.7 Å². The minimum Gasteiger partial charge on any atom is -0.307 e. The number of hydrogen-bond donors (Lipinski definition) is 0. The van der Waals surface area contributed by atoms with Crippen LogP contribution in [0, 0.1) is 0 Å². The molecule has 9 rings (SSSR count). The van der Waals surface area contributed by atoms with Gasteiger partial charge in [0.25, 0.3) is 0 Å². The first-order valence-corrected chi connectivity index (χ1v) is 18.6. The van der Waals surface area contributed by atoms with Crippen molar-refractivity contribution in [1.82, 2.24) is 14.1 Å². The molecule has 6 aromatic carbocycles. The lowest BCUT2D eigenvalue weighted by Crippen LogP contribution is -2.20. The van der Waals surface area contributed by atoms with E-state index in [-0.39, 0.29) is 0 Å². The number of aromatic nitrogens is 3. The lowest BCUT2D eigenvalue weighted by molar-refractivity contribution is 1.15. The summed E-state index contributed by atoms with van der Waals surface area (Å²) in [7, 11) is -0.688. The van der Waals surface area contributed by atoms with Gasteiger partial charge in [-0.3, -0.25) is 4.98 Å². The van der Waals surface area contributed by atoms with Crippen LogP contribution in [-0.4, -0.2) is 14.1 Å². The molecule has 0 radical (unpaired) electrons. The van der Waals surface area contributed by atoms with Gasteiger partial charge in [-0.15, -0.1) is 0 Å². The Balaban J connectivity index is 0.000000914. The van der Waals surface area contributed by atoms with Gasteiger partial charge in [0.05, 0.1) is 27.6 Å². The third-order valence-electron chi connectivity index (χ3n) is 8.72. The molecule has 0 N–H and O–H groups in total. The van der Waals surface area contributed by atoms with E-state index in [4.69, 9.17) is 4.98 Å². The lowest BCUT2D eigenvalue weighted by Gasteiger charge is -2.20. The molecule has 0 aliphatic heterocycles. The van der Waals surface area contributed by atoms with Crippen molar-refractivity contribution in [2.24, 2.45) is 0 Å². The third kappa shape index (κ3) is 5.61. The van der Waals surface area contributed by atoms with Crippen LogP contribution in [0.3, 0.4) is 0 Å². The third-order valence-corrected chi connectivity index (χ3v) is 11.2. The highest BCUT2D eigenvalue weighted by Gasteiger charge is 2.22. The monoisotopic (exact) mass is 653 g/mol. The highest BCUT2D eigenvalue weighted by molar-refractivity contribution is 7.79. The van der Waals surface area contributed by atoms with E-state index in [9.17, 15) is 0 Å². The number of para-hydroxylation sites is 3. The molecule has 0 saturated carbocycles. The Kier molecular flexibility index (Phi) is 9.37. The molecule has 0 amide bonds. The standard InChI is InChI=1S/C41H28N3P.2C2H6/c1-4-14-29(15-5-1)43-37-22-12-10-20-34(37)36-28-42-39-35-21-11-13-23-38(35)44(41(39)40(36)43)30-24-26-33(27-25-30)45(31-16-6-2-7-17-31)32-18-8-3-9-19-32;2*1-2/h1-28H;2*1-2H3. The smallest absolute Gasteiger partial charge is 0.0985 e. The van der Waals surface area contributed by atoms with Crippen LogP contribution in [-0.2, 0) is 0 Å². The average Bonchev–Trinajstić information content (AvgIpc) is 3.71. The molecule has 49 heavy (non-hydrogen) atoms. The van der Waals surface area contributed by atoms with E-state index < -0.39 is 7.92 Å². The Bertz CT molecular complexity index is 2420. The molecule has 0 atom stereocenters. The molecule has 0 saturated heterocycles. The van der Waals surface area contributed by atoms with Crippen LogP contribution in [0.15, 0.2) is 170 Å². The number of rotatable bonds is 5. The van der Waals surface area contributed by atoms with Gasteiger partial charge >= 0.3 is 0 Å². The molecule has 9 aromatic rings. The zero-order valence-electron chi connectivity index (χ0n) is 28.5. The van der Waals surface area contributed by atoms with E-state index in [1.54, 1.807) is 0 Å². The summed E-state index contributed by atoms with van der Waals surface area (Å²) in [6, 6.07) is 59.0. The van der Waals surface area contributed by atoms with Gasteiger partial charge in [-0.25, -0.2) is 0 Å². The molecule has 240 valence electrons. The van der Waals surface area contributed by atoms with Gasteiger partial charge in [-0.1, -0.05) is 155 Å². The second kappa shape index (κ2) is 14.3. The first-order valence-electron chi connectivity index (χ1n) is 17.2. The van der Waals surface area contributed by atoms with Crippen molar-refractivity contribution in [1.29, 1.82) is 0 Å². The molecular formula is C45H40N3P. The largest absolute Gasteiger partial charge is 0.307 e. The zero-order chi connectivity index (χ0) is 33.7. The van der Waals surface area contributed by atoms with Crippen molar-refractivity contribution >= 4 is 67.6 Å². The summed E-state index contributed by atoms with van der Waals surface area (Å²) < 4.78 is 4.82. The summed E-state index contributed by atoms with van der Waals surface area (Å²) in [4.78, 5) is 5.13. The molecular weight excluding hydrogens is 613 g/mol. The lowest BCUT2D eigenvalue weighted by atomic mass is 10.2. The van der Waals surface area contributed by atoms with Gasteiger partial charge in [0, 0.05) is 33.7 Å². The Morgan fingerprint density at radius 3 is 1.41 bits per heavy atom. The van der Waals surface area contributed by atoms with Crippen LogP contribution in [0.25, 0.3) is 55.1 Å². The Morgan fingerprint density at radius 1 is 0.388 bits per heavy atom. The summed E-state index contributed by atoms with van der Waals surface area (Å²) in [5, 5.41) is 7.53. The van der Waals surface area contributed by atoms with Crippen LogP contribution in [0.5, 0.6) is 0 Å². The number of nitrogens with zero attached hydrogens (tertiary/aromatic N) is 3. The predicted octanol–water partition coefficient (Wildman–Crippen LogP) is 11.1. The second-order valence-corrected chi connectivity index (χ2v) is 13.5. The van der Waals surface area contributed by atoms with E-state index in [2.05, 4.69) is 179 Å². The summed E-state index contributed by atoms with van der Waals surface area (Å²) >= 11 is 0. The SMILES string of the molecule is CC.CC.c1ccc(-n2c3ccccc3c3cnc4c5ccccc5n(-c5ccc(P(c6ccccc6)c6ccccc6)cc5)c4c32)cc1.